The van der Waals surface area contributed by atoms with Gasteiger partial charge in [-0.3, -0.25) is 4.79 Å². The van der Waals surface area contributed by atoms with Crippen LogP contribution in [0.15, 0.2) is 22.7 Å². The Hall–Kier alpha value is -1.63. The third kappa shape index (κ3) is 3.09. The summed E-state index contributed by atoms with van der Waals surface area (Å²) in [5.41, 5.74) is 0.0656. The summed E-state index contributed by atoms with van der Waals surface area (Å²) < 4.78 is 14.2. The minimum atomic E-state index is -0.915. The van der Waals surface area contributed by atoms with E-state index in [0.717, 1.165) is 0 Å². The molecular weight excluding hydrogens is 331 g/mol. The molecule has 20 heavy (non-hydrogen) atoms. The van der Waals surface area contributed by atoms with E-state index in [1.807, 2.05) is 0 Å². The third-order valence-electron chi connectivity index (χ3n) is 3.39. The van der Waals surface area contributed by atoms with E-state index >= 15 is 0 Å². The predicted octanol–water partition coefficient (Wildman–Crippen LogP) is 2.77. The average Bonchev–Trinajstić information content (AvgIpc) is 2.76. The van der Waals surface area contributed by atoms with E-state index in [2.05, 4.69) is 21.2 Å². The Labute approximate surface area is 123 Å². The van der Waals surface area contributed by atoms with Crippen molar-refractivity contribution in [1.29, 1.82) is 0 Å². The van der Waals surface area contributed by atoms with Crippen LogP contribution in [0, 0.1) is 17.7 Å². The molecule has 1 saturated heterocycles. The van der Waals surface area contributed by atoms with E-state index in [9.17, 15) is 14.0 Å². The number of benzene rings is 1. The highest BCUT2D eigenvalue weighted by molar-refractivity contribution is 9.10. The smallest absolute Gasteiger partial charge is 0.321 e. The first-order chi connectivity index (χ1) is 9.38. The van der Waals surface area contributed by atoms with Crippen molar-refractivity contribution in [2.45, 2.75) is 6.92 Å². The molecule has 2 atom stereocenters. The van der Waals surface area contributed by atoms with Gasteiger partial charge in [-0.05, 0) is 24.1 Å². The number of carbonyl (C=O) groups excluding carboxylic acids is 1. The van der Waals surface area contributed by atoms with Crippen molar-refractivity contribution in [1.82, 2.24) is 4.90 Å². The van der Waals surface area contributed by atoms with Crippen LogP contribution in [0.1, 0.15) is 6.92 Å². The van der Waals surface area contributed by atoms with Crippen LogP contribution in [0.25, 0.3) is 0 Å². The highest BCUT2D eigenvalue weighted by atomic mass is 79.9. The minimum Gasteiger partial charge on any atom is -0.481 e. The quantitative estimate of drug-likeness (QED) is 0.866. The second kappa shape index (κ2) is 5.78. The maximum atomic E-state index is 13.6. The van der Waals surface area contributed by atoms with Gasteiger partial charge >= 0.3 is 12.0 Å². The number of hydrogen-bond donors (Lipinski definition) is 2. The summed E-state index contributed by atoms with van der Waals surface area (Å²) in [4.78, 5) is 24.4. The lowest BCUT2D eigenvalue weighted by molar-refractivity contribution is -0.142. The number of urea groups is 1. The van der Waals surface area contributed by atoms with Gasteiger partial charge in [0.05, 0.1) is 11.6 Å². The molecule has 7 heteroatoms. The van der Waals surface area contributed by atoms with Crippen LogP contribution in [-0.2, 0) is 4.79 Å². The second-order valence-corrected chi connectivity index (χ2v) is 5.80. The SMILES string of the molecule is C[C@@H]1CN(C(=O)Nc2cc(Br)ccc2F)C[C@H]1C(=O)O. The van der Waals surface area contributed by atoms with Crippen LogP contribution >= 0.6 is 15.9 Å². The van der Waals surface area contributed by atoms with Gasteiger partial charge in [0.2, 0.25) is 0 Å². The number of aliphatic carboxylic acids is 1. The number of carboxylic acid groups (broad SMARTS) is 1. The molecule has 1 heterocycles. The van der Waals surface area contributed by atoms with Crippen LogP contribution < -0.4 is 5.32 Å². The average molecular weight is 345 g/mol. The van der Waals surface area contributed by atoms with Crippen molar-refractivity contribution in [3.8, 4) is 0 Å². The highest BCUT2D eigenvalue weighted by Gasteiger charge is 2.37. The molecule has 0 aromatic heterocycles. The van der Waals surface area contributed by atoms with E-state index in [-0.39, 0.29) is 18.2 Å². The monoisotopic (exact) mass is 344 g/mol. The van der Waals surface area contributed by atoms with Crippen LogP contribution in [0.5, 0.6) is 0 Å². The summed E-state index contributed by atoms with van der Waals surface area (Å²) in [6.45, 7) is 2.27. The molecule has 2 amide bonds. The van der Waals surface area contributed by atoms with Gasteiger partial charge in [-0.2, -0.15) is 0 Å². The zero-order valence-electron chi connectivity index (χ0n) is 10.8. The molecule has 0 radical (unpaired) electrons. The molecule has 0 saturated carbocycles. The summed E-state index contributed by atoms with van der Waals surface area (Å²) in [7, 11) is 0. The molecule has 0 spiro atoms. The first-order valence-corrected chi connectivity index (χ1v) is 6.91. The number of carbonyl (C=O) groups is 2. The number of nitrogens with zero attached hydrogens (tertiary/aromatic N) is 1. The number of rotatable bonds is 2. The van der Waals surface area contributed by atoms with Crippen molar-refractivity contribution in [3.05, 3.63) is 28.5 Å². The van der Waals surface area contributed by atoms with Gasteiger partial charge in [-0.1, -0.05) is 22.9 Å². The van der Waals surface area contributed by atoms with Crippen LogP contribution in [0.2, 0.25) is 0 Å². The second-order valence-electron chi connectivity index (χ2n) is 4.88. The molecule has 0 bridgehead atoms. The Morgan fingerprint density at radius 1 is 1.45 bits per heavy atom. The lowest BCUT2D eigenvalue weighted by atomic mass is 9.99. The Kier molecular flexibility index (Phi) is 4.27. The van der Waals surface area contributed by atoms with Gasteiger partial charge in [-0.15, -0.1) is 0 Å². The standard InChI is InChI=1S/C13H14BrFN2O3/c1-7-5-17(6-9(7)12(18)19)13(20)16-11-4-8(14)2-3-10(11)15/h2-4,7,9H,5-6H2,1H3,(H,16,20)(H,18,19)/t7-,9-/m1/s1. The van der Waals surface area contributed by atoms with Crippen molar-refractivity contribution >= 4 is 33.6 Å². The van der Waals surface area contributed by atoms with Crippen molar-refractivity contribution in [2.75, 3.05) is 18.4 Å². The maximum Gasteiger partial charge on any atom is 0.321 e. The van der Waals surface area contributed by atoms with Crippen LogP contribution in [0.3, 0.4) is 0 Å². The van der Waals surface area contributed by atoms with Gasteiger partial charge in [0.1, 0.15) is 5.82 Å². The van der Waals surface area contributed by atoms with Crippen molar-refractivity contribution in [2.24, 2.45) is 11.8 Å². The van der Waals surface area contributed by atoms with Gasteiger partial charge in [-0.25, -0.2) is 9.18 Å². The number of nitrogens with one attached hydrogen (secondary N) is 1. The lowest BCUT2D eigenvalue weighted by Crippen LogP contribution is -2.34. The zero-order chi connectivity index (χ0) is 14.9. The molecule has 1 aliphatic heterocycles. The normalized spacial score (nSPS) is 21.9. The molecule has 2 rings (SSSR count). The largest absolute Gasteiger partial charge is 0.481 e. The third-order valence-corrected chi connectivity index (χ3v) is 3.88. The summed E-state index contributed by atoms with van der Waals surface area (Å²) in [6, 6.07) is 3.74. The first kappa shape index (κ1) is 14.8. The van der Waals surface area contributed by atoms with E-state index in [0.29, 0.717) is 11.0 Å². The van der Waals surface area contributed by atoms with E-state index in [1.54, 1.807) is 6.92 Å². The Balaban J connectivity index is 2.06. The number of likely N-dealkylation sites (tertiary alicyclic amines) is 1. The van der Waals surface area contributed by atoms with E-state index < -0.39 is 23.7 Å². The van der Waals surface area contributed by atoms with Crippen LogP contribution in [0.4, 0.5) is 14.9 Å². The van der Waals surface area contributed by atoms with Gasteiger partial charge in [0, 0.05) is 17.6 Å². The molecule has 1 aliphatic rings. The fraction of sp³-hybridized carbons (Fsp3) is 0.385. The molecule has 108 valence electrons. The van der Waals surface area contributed by atoms with Gasteiger partial charge < -0.3 is 15.3 Å². The zero-order valence-corrected chi connectivity index (χ0v) is 12.4. The summed E-state index contributed by atoms with van der Waals surface area (Å²) in [5.74, 6) is -2.15. The number of carboxylic acids is 1. The molecule has 1 fully saturated rings. The topological polar surface area (TPSA) is 69.6 Å². The van der Waals surface area contributed by atoms with Crippen molar-refractivity contribution < 1.29 is 19.1 Å². The van der Waals surface area contributed by atoms with Gasteiger partial charge in [0.15, 0.2) is 0 Å². The van der Waals surface area contributed by atoms with E-state index in [4.69, 9.17) is 5.11 Å². The predicted molar refractivity (Wildman–Crippen MR) is 75.0 cm³/mol. The first-order valence-electron chi connectivity index (χ1n) is 6.12. The molecule has 1 aromatic carbocycles. The molecule has 0 unspecified atom stereocenters. The lowest BCUT2D eigenvalue weighted by Gasteiger charge is -2.17. The van der Waals surface area contributed by atoms with Crippen molar-refractivity contribution in [3.63, 3.8) is 0 Å². The number of hydrogen-bond acceptors (Lipinski definition) is 2. The van der Waals surface area contributed by atoms with Gasteiger partial charge in [0.25, 0.3) is 0 Å². The number of halogens is 2. The fourth-order valence-electron chi connectivity index (χ4n) is 2.24. The molecule has 2 N–H and O–H groups in total. The maximum absolute atomic E-state index is 13.6. The Bertz CT molecular complexity index is 552. The van der Waals surface area contributed by atoms with Crippen LogP contribution in [-0.4, -0.2) is 35.1 Å². The minimum absolute atomic E-state index is 0.0656. The Morgan fingerprint density at radius 3 is 2.75 bits per heavy atom. The Morgan fingerprint density at radius 2 is 2.15 bits per heavy atom. The van der Waals surface area contributed by atoms with E-state index in [1.165, 1.54) is 23.1 Å². The highest BCUT2D eigenvalue weighted by Crippen LogP contribution is 2.25. The summed E-state index contributed by atoms with van der Waals surface area (Å²) >= 11 is 3.20. The molecular formula is C13H14BrFN2O3. The molecule has 1 aromatic rings. The summed E-state index contributed by atoms with van der Waals surface area (Å²) in [5, 5.41) is 11.5. The fourth-order valence-corrected chi connectivity index (χ4v) is 2.60. The number of anilines is 1. The molecule has 0 aliphatic carbocycles. The number of amides is 2. The summed E-state index contributed by atoms with van der Waals surface area (Å²) in [6.07, 6.45) is 0. The molecule has 5 nitrogen and oxygen atoms in total.